The van der Waals surface area contributed by atoms with Crippen LogP contribution in [0.15, 0.2) is 12.1 Å². The number of hydrogen-bond acceptors (Lipinski definition) is 3. The summed E-state index contributed by atoms with van der Waals surface area (Å²) in [6.07, 6.45) is 0.943. The van der Waals surface area contributed by atoms with Crippen molar-refractivity contribution in [2.45, 2.75) is 26.8 Å². The third-order valence-corrected chi connectivity index (χ3v) is 2.54. The van der Waals surface area contributed by atoms with Crippen LogP contribution in [0.3, 0.4) is 0 Å². The molecule has 1 aromatic carbocycles. The molecular formula is C14H20F2N2O2. The van der Waals surface area contributed by atoms with Gasteiger partial charge in [0.1, 0.15) is 0 Å². The molecule has 20 heavy (non-hydrogen) atoms. The Morgan fingerprint density at radius 2 is 1.90 bits per heavy atom. The summed E-state index contributed by atoms with van der Waals surface area (Å²) in [6, 6.07) is 2.41. The van der Waals surface area contributed by atoms with Gasteiger partial charge in [-0.3, -0.25) is 4.79 Å². The molecule has 0 fully saturated rings. The van der Waals surface area contributed by atoms with Crippen molar-refractivity contribution >= 4 is 5.91 Å². The fourth-order valence-electron chi connectivity index (χ4n) is 1.65. The largest absolute Gasteiger partial charge is 0.478 e. The Hall–Kier alpha value is -1.69. The van der Waals surface area contributed by atoms with E-state index in [1.807, 2.05) is 6.92 Å². The van der Waals surface area contributed by atoms with Gasteiger partial charge < -0.3 is 15.4 Å². The van der Waals surface area contributed by atoms with Crippen LogP contribution >= 0.6 is 0 Å². The van der Waals surface area contributed by atoms with Crippen LogP contribution in [0.5, 0.6) is 5.75 Å². The monoisotopic (exact) mass is 286 g/mol. The minimum absolute atomic E-state index is 0.387. The van der Waals surface area contributed by atoms with Gasteiger partial charge in [-0.15, -0.1) is 0 Å². The van der Waals surface area contributed by atoms with E-state index >= 15 is 0 Å². The Kier molecular flexibility index (Phi) is 6.93. The molecule has 0 bridgehead atoms. The summed E-state index contributed by atoms with van der Waals surface area (Å²) in [5.74, 6) is -2.54. The Morgan fingerprint density at radius 1 is 1.25 bits per heavy atom. The third-order valence-electron chi connectivity index (χ3n) is 2.54. The van der Waals surface area contributed by atoms with Crippen LogP contribution in [0.4, 0.5) is 8.78 Å². The van der Waals surface area contributed by atoms with Gasteiger partial charge in [-0.05, 0) is 37.6 Å². The zero-order valence-corrected chi connectivity index (χ0v) is 11.8. The first-order valence-electron chi connectivity index (χ1n) is 6.66. The van der Waals surface area contributed by atoms with E-state index in [-0.39, 0.29) is 0 Å². The summed E-state index contributed by atoms with van der Waals surface area (Å²) in [4.78, 5) is 11.2. The third kappa shape index (κ3) is 5.13. The molecule has 1 aromatic rings. The first-order chi connectivity index (χ1) is 9.58. The van der Waals surface area contributed by atoms with Crippen LogP contribution in [0, 0.1) is 11.6 Å². The van der Waals surface area contributed by atoms with Crippen LogP contribution in [0.1, 0.15) is 25.8 Å². The summed E-state index contributed by atoms with van der Waals surface area (Å²) in [7, 11) is 0. The molecule has 1 amide bonds. The van der Waals surface area contributed by atoms with Gasteiger partial charge in [-0.2, -0.15) is 0 Å². The summed E-state index contributed by atoms with van der Waals surface area (Å²) in [5, 5.41) is 5.54. The van der Waals surface area contributed by atoms with Gasteiger partial charge in [0.2, 0.25) is 0 Å². The number of rotatable bonds is 8. The van der Waals surface area contributed by atoms with Crippen molar-refractivity contribution in [1.82, 2.24) is 10.6 Å². The number of carbonyl (C=O) groups is 1. The highest BCUT2D eigenvalue weighted by molar-refractivity contribution is 5.77. The van der Waals surface area contributed by atoms with Crippen molar-refractivity contribution in [3.8, 4) is 5.75 Å². The highest BCUT2D eigenvalue weighted by Gasteiger charge is 2.14. The second kappa shape index (κ2) is 8.47. The van der Waals surface area contributed by atoms with Crippen LogP contribution in [0.2, 0.25) is 0 Å². The zero-order chi connectivity index (χ0) is 15.0. The van der Waals surface area contributed by atoms with Gasteiger partial charge in [0.15, 0.2) is 24.0 Å². The standard InChI is InChI=1S/C14H20F2N2O2/c1-3-5-17-8-10-6-11(15)14(12(16)7-10)20-9-13(19)18-4-2/h6-7,17H,3-5,8-9H2,1-2H3,(H,18,19). The zero-order valence-electron chi connectivity index (χ0n) is 11.8. The molecule has 0 atom stereocenters. The molecule has 112 valence electrons. The predicted molar refractivity (Wildman–Crippen MR) is 72.5 cm³/mol. The van der Waals surface area contributed by atoms with Gasteiger partial charge in [-0.25, -0.2) is 8.78 Å². The van der Waals surface area contributed by atoms with Gasteiger partial charge in [0, 0.05) is 13.1 Å². The lowest BCUT2D eigenvalue weighted by Gasteiger charge is -2.10. The fourth-order valence-corrected chi connectivity index (χ4v) is 1.65. The molecule has 2 N–H and O–H groups in total. The average molecular weight is 286 g/mol. The molecule has 0 aliphatic carbocycles. The minimum Gasteiger partial charge on any atom is -0.478 e. The van der Waals surface area contributed by atoms with Crippen LogP contribution in [-0.2, 0) is 11.3 Å². The van der Waals surface area contributed by atoms with E-state index < -0.39 is 29.9 Å². The van der Waals surface area contributed by atoms with Crippen molar-refractivity contribution < 1.29 is 18.3 Å². The Labute approximate surface area is 117 Å². The molecule has 0 aliphatic rings. The number of carbonyl (C=O) groups excluding carboxylic acids is 1. The van der Waals surface area contributed by atoms with Crippen molar-refractivity contribution in [1.29, 1.82) is 0 Å². The molecule has 0 saturated carbocycles. The fraction of sp³-hybridized carbons (Fsp3) is 0.500. The first-order valence-corrected chi connectivity index (χ1v) is 6.66. The lowest BCUT2D eigenvalue weighted by atomic mass is 10.2. The maximum atomic E-state index is 13.7. The van der Waals surface area contributed by atoms with Gasteiger partial charge >= 0.3 is 0 Å². The Morgan fingerprint density at radius 3 is 2.45 bits per heavy atom. The number of nitrogens with one attached hydrogen (secondary N) is 2. The van der Waals surface area contributed by atoms with E-state index in [2.05, 4.69) is 10.6 Å². The van der Waals surface area contributed by atoms with Crippen LogP contribution < -0.4 is 15.4 Å². The van der Waals surface area contributed by atoms with Crippen molar-refractivity contribution in [2.24, 2.45) is 0 Å². The number of benzene rings is 1. The van der Waals surface area contributed by atoms with E-state index in [1.54, 1.807) is 6.92 Å². The maximum absolute atomic E-state index is 13.7. The highest BCUT2D eigenvalue weighted by Crippen LogP contribution is 2.23. The molecule has 4 nitrogen and oxygen atoms in total. The van der Waals surface area contributed by atoms with Gasteiger partial charge in [-0.1, -0.05) is 6.92 Å². The molecule has 0 aliphatic heterocycles. The molecule has 0 unspecified atom stereocenters. The molecule has 6 heteroatoms. The summed E-state index contributed by atoms with van der Waals surface area (Å²) < 4.78 is 32.3. The number of hydrogen-bond donors (Lipinski definition) is 2. The van der Waals surface area contributed by atoms with Crippen molar-refractivity contribution in [2.75, 3.05) is 19.7 Å². The number of ether oxygens (including phenoxy) is 1. The van der Waals surface area contributed by atoms with E-state index in [0.29, 0.717) is 18.7 Å². The molecule has 0 aromatic heterocycles. The lowest BCUT2D eigenvalue weighted by Crippen LogP contribution is -2.28. The SMILES string of the molecule is CCCNCc1cc(F)c(OCC(=O)NCC)c(F)c1. The second-order valence-electron chi connectivity index (χ2n) is 4.31. The lowest BCUT2D eigenvalue weighted by molar-refractivity contribution is -0.123. The quantitative estimate of drug-likeness (QED) is 0.718. The van der Waals surface area contributed by atoms with Gasteiger partial charge in [0.25, 0.3) is 5.91 Å². The maximum Gasteiger partial charge on any atom is 0.257 e. The van der Waals surface area contributed by atoms with Crippen molar-refractivity contribution in [3.05, 3.63) is 29.3 Å². The minimum atomic E-state index is -0.803. The van der Waals surface area contributed by atoms with Gasteiger partial charge in [0.05, 0.1) is 0 Å². The molecular weight excluding hydrogens is 266 g/mol. The smallest absolute Gasteiger partial charge is 0.257 e. The molecule has 0 saturated heterocycles. The average Bonchev–Trinajstić information content (AvgIpc) is 2.38. The Bertz CT molecular complexity index is 430. The second-order valence-corrected chi connectivity index (χ2v) is 4.31. The molecule has 0 spiro atoms. The van der Waals surface area contributed by atoms with Crippen LogP contribution in [0.25, 0.3) is 0 Å². The topological polar surface area (TPSA) is 50.4 Å². The molecule has 1 rings (SSSR count). The van der Waals surface area contributed by atoms with E-state index in [4.69, 9.17) is 4.74 Å². The van der Waals surface area contributed by atoms with E-state index in [1.165, 1.54) is 12.1 Å². The first kappa shape index (κ1) is 16.4. The van der Waals surface area contributed by atoms with Crippen LogP contribution in [-0.4, -0.2) is 25.6 Å². The molecule has 0 heterocycles. The van der Waals surface area contributed by atoms with E-state index in [9.17, 15) is 13.6 Å². The number of likely N-dealkylation sites (N-methyl/N-ethyl adjacent to an activating group) is 1. The summed E-state index contributed by atoms with van der Waals surface area (Å²) in [6.45, 7) is 4.95. The van der Waals surface area contributed by atoms with Crippen molar-refractivity contribution in [3.63, 3.8) is 0 Å². The normalized spacial score (nSPS) is 10.4. The number of amides is 1. The van der Waals surface area contributed by atoms with E-state index in [0.717, 1.165) is 13.0 Å². The predicted octanol–water partition coefficient (Wildman–Crippen LogP) is 1.98. The summed E-state index contributed by atoms with van der Waals surface area (Å²) in [5.41, 5.74) is 0.499. The summed E-state index contributed by atoms with van der Waals surface area (Å²) >= 11 is 0. The molecule has 0 radical (unpaired) electrons. The Balaban J connectivity index is 2.66. The highest BCUT2D eigenvalue weighted by atomic mass is 19.1. The number of halogens is 2.